The summed E-state index contributed by atoms with van der Waals surface area (Å²) >= 11 is 3.69. The zero-order valence-corrected chi connectivity index (χ0v) is 17.7. The highest BCUT2D eigenvalue weighted by atomic mass is 127. The van der Waals surface area contributed by atoms with Gasteiger partial charge in [-0.25, -0.2) is 14.5 Å². The van der Waals surface area contributed by atoms with Crippen LogP contribution in [0.3, 0.4) is 0 Å². The van der Waals surface area contributed by atoms with E-state index in [0.717, 1.165) is 26.5 Å². The lowest BCUT2D eigenvalue weighted by Gasteiger charge is -2.10. The van der Waals surface area contributed by atoms with Gasteiger partial charge in [0, 0.05) is 9.77 Å². The molecule has 0 saturated heterocycles. The molecule has 6 nitrogen and oxygen atoms in total. The Kier molecular flexibility index (Phi) is 5.19. The first kappa shape index (κ1) is 20.0. The zero-order chi connectivity index (χ0) is 20.8. The van der Waals surface area contributed by atoms with Crippen LogP contribution in [0.1, 0.15) is 6.92 Å². The monoisotopic (exact) mass is 532 g/mol. The number of hydrogen-bond donors (Lipinski definition) is 0. The van der Waals surface area contributed by atoms with Crippen molar-refractivity contribution in [2.75, 3.05) is 5.75 Å². The van der Waals surface area contributed by atoms with Gasteiger partial charge in [0.15, 0.2) is 5.82 Å². The molecule has 0 aliphatic heterocycles. The molecule has 3 aromatic heterocycles. The maximum atomic E-state index is 13.1. The number of nitrogens with zero attached hydrogens (tertiary/aromatic N) is 4. The molecule has 150 valence electrons. The molecule has 11 heteroatoms. The van der Waals surface area contributed by atoms with Crippen LogP contribution in [-0.4, -0.2) is 31.1 Å². The van der Waals surface area contributed by atoms with Gasteiger partial charge in [-0.2, -0.15) is 0 Å². The molecule has 3 heterocycles. The van der Waals surface area contributed by atoms with Crippen LogP contribution in [0.5, 0.6) is 5.75 Å². The Labute approximate surface area is 179 Å². The van der Waals surface area contributed by atoms with E-state index in [9.17, 15) is 18.0 Å². The number of thioether (sulfide) groups is 1. The number of pyridine rings is 1. The Balaban J connectivity index is 1.93. The van der Waals surface area contributed by atoms with E-state index in [1.54, 1.807) is 0 Å². The predicted octanol–water partition coefficient (Wildman–Crippen LogP) is 4.65. The van der Waals surface area contributed by atoms with Crippen LogP contribution in [-0.2, 0) is 0 Å². The second-order valence-corrected chi connectivity index (χ2v) is 8.39. The SMILES string of the molecule is CCSc1c(-n2cnc3ccc(OC(F)(F)F)cc3c2=O)nc2ccc(I)cn12. The molecule has 0 bridgehead atoms. The van der Waals surface area contributed by atoms with Gasteiger partial charge in [-0.05, 0) is 58.7 Å². The van der Waals surface area contributed by atoms with Crippen molar-refractivity contribution in [1.29, 1.82) is 0 Å². The number of benzene rings is 1. The van der Waals surface area contributed by atoms with Crippen molar-refractivity contribution < 1.29 is 17.9 Å². The van der Waals surface area contributed by atoms with Gasteiger partial charge in [-0.15, -0.1) is 24.9 Å². The highest BCUT2D eigenvalue weighted by Gasteiger charge is 2.31. The number of halogens is 4. The topological polar surface area (TPSA) is 61.4 Å². The smallest absolute Gasteiger partial charge is 0.406 e. The van der Waals surface area contributed by atoms with Crippen LogP contribution >= 0.6 is 34.4 Å². The molecule has 29 heavy (non-hydrogen) atoms. The van der Waals surface area contributed by atoms with E-state index in [-0.39, 0.29) is 10.9 Å². The second-order valence-electron chi connectivity index (χ2n) is 5.90. The minimum absolute atomic E-state index is 0.00772. The molecule has 0 aliphatic rings. The summed E-state index contributed by atoms with van der Waals surface area (Å²) < 4.78 is 45.7. The van der Waals surface area contributed by atoms with E-state index >= 15 is 0 Å². The Bertz CT molecular complexity index is 1290. The highest BCUT2D eigenvalue weighted by molar-refractivity contribution is 14.1. The standard InChI is InChI=1S/C18H12F3IN4O2S/c1-2-29-17-15(24-14-6-3-10(22)8-25(14)17)26-9-23-13-5-4-11(28-18(19,20)21)7-12(13)16(26)27/h3-9H,2H2,1H3. The average molecular weight is 532 g/mol. The maximum absolute atomic E-state index is 13.1. The predicted molar refractivity (Wildman–Crippen MR) is 112 cm³/mol. The van der Waals surface area contributed by atoms with Crippen LogP contribution in [0.4, 0.5) is 13.2 Å². The zero-order valence-electron chi connectivity index (χ0n) is 14.8. The molecule has 1 aromatic carbocycles. The number of hydrogen-bond acceptors (Lipinski definition) is 5. The van der Waals surface area contributed by atoms with E-state index < -0.39 is 17.7 Å². The van der Waals surface area contributed by atoms with Gasteiger partial charge in [-0.1, -0.05) is 6.92 Å². The van der Waals surface area contributed by atoms with Crippen molar-refractivity contribution in [3.05, 3.63) is 56.8 Å². The maximum Gasteiger partial charge on any atom is 0.573 e. The number of fused-ring (bicyclic) bond motifs is 2. The number of rotatable bonds is 4. The fourth-order valence-electron chi connectivity index (χ4n) is 2.86. The molecular formula is C18H12F3IN4O2S. The molecule has 0 unspecified atom stereocenters. The van der Waals surface area contributed by atoms with Gasteiger partial charge in [0.25, 0.3) is 5.56 Å². The van der Waals surface area contributed by atoms with E-state index in [1.165, 1.54) is 28.7 Å². The first-order valence-corrected chi connectivity index (χ1v) is 10.4. The van der Waals surface area contributed by atoms with Crippen molar-refractivity contribution in [2.45, 2.75) is 18.3 Å². The van der Waals surface area contributed by atoms with Crippen molar-refractivity contribution in [1.82, 2.24) is 18.9 Å². The molecule has 4 rings (SSSR count). The number of ether oxygens (including phenoxy) is 1. The van der Waals surface area contributed by atoms with Crippen LogP contribution in [0, 0.1) is 3.57 Å². The van der Waals surface area contributed by atoms with Crippen LogP contribution in [0.25, 0.3) is 22.4 Å². The largest absolute Gasteiger partial charge is 0.573 e. The quantitative estimate of drug-likeness (QED) is 0.283. The fraction of sp³-hybridized carbons (Fsp3) is 0.167. The number of alkyl halides is 3. The molecule has 0 aliphatic carbocycles. The van der Waals surface area contributed by atoms with Crippen molar-refractivity contribution in [3.8, 4) is 11.6 Å². The summed E-state index contributed by atoms with van der Waals surface area (Å²) in [6, 6.07) is 7.21. The third kappa shape index (κ3) is 3.92. The molecule has 0 atom stereocenters. The molecule has 0 fully saturated rings. The van der Waals surface area contributed by atoms with Crippen molar-refractivity contribution >= 4 is 50.9 Å². The molecule has 4 aromatic rings. The minimum atomic E-state index is -4.85. The van der Waals surface area contributed by atoms with Gasteiger partial charge in [-0.3, -0.25) is 9.20 Å². The third-order valence-electron chi connectivity index (χ3n) is 3.99. The van der Waals surface area contributed by atoms with Gasteiger partial charge in [0.2, 0.25) is 0 Å². The minimum Gasteiger partial charge on any atom is -0.406 e. The summed E-state index contributed by atoms with van der Waals surface area (Å²) in [6.07, 6.45) is -1.61. The Morgan fingerprint density at radius 3 is 2.76 bits per heavy atom. The lowest BCUT2D eigenvalue weighted by atomic mass is 10.2. The molecular weight excluding hydrogens is 520 g/mol. The summed E-state index contributed by atoms with van der Waals surface area (Å²) in [7, 11) is 0. The molecule has 0 saturated carbocycles. The van der Waals surface area contributed by atoms with Crippen molar-refractivity contribution in [2.24, 2.45) is 0 Å². The van der Waals surface area contributed by atoms with Crippen molar-refractivity contribution in [3.63, 3.8) is 0 Å². The first-order chi connectivity index (χ1) is 13.8. The molecule has 0 N–H and O–H groups in total. The van der Waals surface area contributed by atoms with Gasteiger partial charge < -0.3 is 4.74 Å². The second kappa shape index (κ2) is 7.52. The molecule has 0 spiro atoms. The summed E-state index contributed by atoms with van der Waals surface area (Å²) in [6.45, 7) is 1.98. The third-order valence-corrected chi connectivity index (χ3v) is 5.57. The highest BCUT2D eigenvalue weighted by Crippen LogP contribution is 2.28. The van der Waals surface area contributed by atoms with Crippen LogP contribution in [0.2, 0.25) is 0 Å². The Morgan fingerprint density at radius 1 is 1.24 bits per heavy atom. The first-order valence-electron chi connectivity index (χ1n) is 8.35. The van der Waals surface area contributed by atoms with E-state index in [4.69, 9.17) is 0 Å². The van der Waals surface area contributed by atoms with Gasteiger partial charge in [0.05, 0.1) is 10.9 Å². The van der Waals surface area contributed by atoms with E-state index in [1.807, 2.05) is 29.7 Å². The normalized spacial score (nSPS) is 12.0. The summed E-state index contributed by atoms with van der Waals surface area (Å²) in [5.41, 5.74) is 0.389. The van der Waals surface area contributed by atoms with Crippen LogP contribution < -0.4 is 10.3 Å². The lowest BCUT2D eigenvalue weighted by molar-refractivity contribution is -0.274. The number of imidazole rings is 1. The van der Waals surface area contributed by atoms with E-state index in [0.29, 0.717) is 11.5 Å². The lowest BCUT2D eigenvalue weighted by Crippen LogP contribution is -2.21. The van der Waals surface area contributed by atoms with Gasteiger partial charge in [0.1, 0.15) is 22.7 Å². The van der Waals surface area contributed by atoms with Crippen LogP contribution in [0.15, 0.2) is 52.7 Å². The summed E-state index contributed by atoms with van der Waals surface area (Å²) in [5.74, 6) is 0.640. The van der Waals surface area contributed by atoms with Gasteiger partial charge >= 0.3 is 6.36 Å². The average Bonchev–Trinajstić information content (AvgIpc) is 2.99. The molecule has 0 amide bonds. The van der Waals surface area contributed by atoms with E-state index in [2.05, 4.69) is 37.3 Å². The Morgan fingerprint density at radius 2 is 2.03 bits per heavy atom. The fourth-order valence-corrected chi connectivity index (χ4v) is 4.15. The Hall–Kier alpha value is -2.28. The molecule has 0 radical (unpaired) electrons. The summed E-state index contributed by atoms with van der Waals surface area (Å²) in [4.78, 5) is 21.8. The number of aromatic nitrogens is 4. The summed E-state index contributed by atoms with van der Waals surface area (Å²) in [5, 5.41) is 0.750.